The van der Waals surface area contributed by atoms with Crippen LogP contribution in [0.5, 0.6) is 0 Å². The second-order valence-electron chi connectivity index (χ2n) is 9.66. The quantitative estimate of drug-likeness (QED) is 0.220. The van der Waals surface area contributed by atoms with Crippen molar-refractivity contribution in [3.8, 4) is 33.9 Å². The van der Waals surface area contributed by atoms with Crippen molar-refractivity contribution in [3.05, 3.63) is 128 Å². The molecule has 0 spiro atoms. The number of nitrogens with zero attached hydrogens (tertiary/aromatic N) is 3. The number of para-hydroxylation sites is 1. The van der Waals surface area contributed by atoms with Crippen LogP contribution in [-0.4, -0.2) is 15.0 Å². The van der Waals surface area contributed by atoms with Crippen molar-refractivity contribution in [1.29, 1.82) is 0 Å². The van der Waals surface area contributed by atoms with Crippen LogP contribution >= 0.6 is 11.3 Å². The Balaban J connectivity index is 1.49. The largest absolute Gasteiger partial charge is 0.247 e. The van der Waals surface area contributed by atoms with Crippen molar-refractivity contribution in [1.82, 2.24) is 15.0 Å². The molecule has 0 amide bonds. The number of pyridine rings is 1. The van der Waals surface area contributed by atoms with Gasteiger partial charge in [0, 0.05) is 53.8 Å². The fraction of sp³-hybridized carbons (Fsp3) is 0. The minimum Gasteiger partial charge on any atom is -0.247 e. The summed E-state index contributed by atoms with van der Waals surface area (Å²) in [5.74, 6) is 0.703. The number of thiophene rings is 1. The molecule has 8 aromatic rings. The van der Waals surface area contributed by atoms with Gasteiger partial charge in [-0.1, -0.05) is 97.1 Å². The molecule has 3 nitrogen and oxygen atoms in total. The summed E-state index contributed by atoms with van der Waals surface area (Å²) in [6.45, 7) is 0. The summed E-state index contributed by atoms with van der Waals surface area (Å²) >= 11 is 1.84. The molecule has 182 valence electrons. The topological polar surface area (TPSA) is 38.7 Å². The van der Waals surface area contributed by atoms with Crippen LogP contribution < -0.4 is 0 Å². The van der Waals surface area contributed by atoms with Gasteiger partial charge in [0.2, 0.25) is 0 Å². The van der Waals surface area contributed by atoms with Crippen LogP contribution in [0.4, 0.5) is 0 Å². The van der Waals surface area contributed by atoms with Gasteiger partial charge in [-0.15, -0.1) is 11.3 Å². The molecular formula is C35H21N3S. The lowest BCUT2D eigenvalue weighted by molar-refractivity contribution is 1.18. The highest BCUT2D eigenvalue weighted by Gasteiger charge is 2.19. The Morgan fingerprint density at radius 1 is 0.462 bits per heavy atom. The minimum atomic E-state index is 0.703. The maximum Gasteiger partial charge on any atom is 0.159 e. The van der Waals surface area contributed by atoms with Crippen LogP contribution in [0.3, 0.4) is 0 Å². The van der Waals surface area contributed by atoms with E-state index < -0.39 is 0 Å². The summed E-state index contributed by atoms with van der Waals surface area (Å²) in [4.78, 5) is 15.2. The van der Waals surface area contributed by atoms with Crippen molar-refractivity contribution >= 4 is 53.2 Å². The lowest BCUT2D eigenvalue weighted by Crippen LogP contribution is -1.98. The average molecular weight is 516 g/mol. The average Bonchev–Trinajstić information content (AvgIpc) is 3.38. The number of fused-ring (bicyclic) bond motifs is 6. The molecule has 0 aliphatic rings. The van der Waals surface area contributed by atoms with Crippen molar-refractivity contribution < 1.29 is 0 Å². The molecule has 0 aliphatic heterocycles. The Kier molecular flexibility index (Phi) is 5.00. The molecule has 39 heavy (non-hydrogen) atoms. The van der Waals surface area contributed by atoms with Crippen LogP contribution in [0.15, 0.2) is 128 Å². The first kappa shape index (κ1) is 22.1. The summed E-state index contributed by atoms with van der Waals surface area (Å²) in [5.41, 5.74) is 5.70. The van der Waals surface area contributed by atoms with Crippen LogP contribution in [0.2, 0.25) is 0 Å². The van der Waals surface area contributed by atoms with E-state index in [-0.39, 0.29) is 0 Å². The van der Waals surface area contributed by atoms with Gasteiger partial charge < -0.3 is 0 Å². The number of benzene rings is 5. The zero-order valence-corrected chi connectivity index (χ0v) is 21.7. The summed E-state index contributed by atoms with van der Waals surface area (Å²) in [6.07, 6.45) is 1.95. The second-order valence-corrected chi connectivity index (χ2v) is 10.7. The molecule has 0 saturated heterocycles. The van der Waals surface area contributed by atoms with Crippen LogP contribution in [-0.2, 0) is 0 Å². The highest BCUT2D eigenvalue weighted by Crippen LogP contribution is 2.42. The van der Waals surface area contributed by atoms with Gasteiger partial charge in [-0.25, -0.2) is 15.0 Å². The summed E-state index contributed by atoms with van der Waals surface area (Å²) in [7, 11) is 0. The molecule has 0 bridgehead atoms. The van der Waals surface area contributed by atoms with Crippen LogP contribution in [0, 0.1) is 0 Å². The molecule has 0 unspecified atom stereocenters. The standard InChI is InChI=1S/C35H21N3S/c1-3-11-22(12-4-1)33-29(21-36-35(38-33)23-13-5-2-6-14-23)34-28-19-27-25-16-8-10-18-31(25)39-32(27)20-26(28)24-15-7-9-17-30(24)37-34/h1-21H. The third-order valence-electron chi connectivity index (χ3n) is 7.32. The fourth-order valence-electron chi connectivity index (χ4n) is 5.47. The molecule has 0 saturated carbocycles. The van der Waals surface area contributed by atoms with E-state index in [1.807, 2.05) is 53.9 Å². The third-order valence-corrected chi connectivity index (χ3v) is 8.46. The molecular weight excluding hydrogens is 494 g/mol. The van der Waals surface area contributed by atoms with E-state index >= 15 is 0 Å². The Bertz CT molecular complexity index is 2170. The summed E-state index contributed by atoms with van der Waals surface area (Å²) in [6, 6.07) is 42.2. The van der Waals surface area contributed by atoms with E-state index in [1.54, 1.807) is 0 Å². The molecule has 0 atom stereocenters. The minimum absolute atomic E-state index is 0.703. The lowest BCUT2D eigenvalue weighted by atomic mass is 9.96. The number of hydrogen-bond donors (Lipinski definition) is 0. The Hall–Kier alpha value is -4.93. The first-order valence-corrected chi connectivity index (χ1v) is 13.8. The van der Waals surface area contributed by atoms with Gasteiger partial charge in [-0.05, 0) is 29.7 Å². The molecule has 3 heterocycles. The Labute approximate surface area is 229 Å². The number of hydrogen-bond acceptors (Lipinski definition) is 4. The van der Waals surface area contributed by atoms with Crippen molar-refractivity contribution in [3.63, 3.8) is 0 Å². The normalized spacial score (nSPS) is 11.6. The van der Waals surface area contributed by atoms with Gasteiger partial charge in [0.05, 0.1) is 16.9 Å². The smallest absolute Gasteiger partial charge is 0.159 e. The van der Waals surface area contributed by atoms with E-state index in [4.69, 9.17) is 15.0 Å². The maximum absolute atomic E-state index is 5.26. The molecule has 0 fully saturated rings. The third kappa shape index (κ3) is 3.61. The van der Waals surface area contributed by atoms with Gasteiger partial charge >= 0.3 is 0 Å². The number of aromatic nitrogens is 3. The Morgan fingerprint density at radius 3 is 1.97 bits per heavy atom. The van der Waals surface area contributed by atoms with E-state index in [1.165, 1.54) is 25.6 Å². The predicted molar refractivity (Wildman–Crippen MR) is 164 cm³/mol. The first-order valence-electron chi connectivity index (χ1n) is 13.0. The SMILES string of the molecule is c1ccc(-c2ncc(-c3nc4ccccc4c4cc5sc6ccccc6c5cc34)c(-c3ccccc3)n2)cc1. The second kappa shape index (κ2) is 8.83. The predicted octanol–water partition coefficient (Wildman–Crippen LogP) is 9.55. The van der Waals surface area contributed by atoms with Crippen LogP contribution in [0.1, 0.15) is 0 Å². The van der Waals surface area contributed by atoms with Gasteiger partial charge in [0.25, 0.3) is 0 Å². The van der Waals surface area contributed by atoms with E-state index in [0.717, 1.165) is 44.4 Å². The van der Waals surface area contributed by atoms with Crippen molar-refractivity contribution in [2.45, 2.75) is 0 Å². The Morgan fingerprint density at radius 2 is 1.15 bits per heavy atom. The fourth-order valence-corrected chi connectivity index (χ4v) is 6.60. The van der Waals surface area contributed by atoms with Crippen LogP contribution in [0.25, 0.3) is 75.8 Å². The lowest BCUT2D eigenvalue weighted by Gasteiger charge is -2.14. The van der Waals surface area contributed by atoms with Gasteiger partial charge in [-0.2, -0.15) is 0 Å². The molecule has 0 aliphatic carbocycles. The van der Waals surface area contributed by atoms with Crippen molar-refractivity contribution in [2.75, 3.05) is 0 Å². The summed E-state index contributed by atoms with van der Waals surface area (Å²) in [5, 5.41) is 5.99. The van der Waals surface area contributed by atoms with E-state index in [0.29, 0.717) is 5.82 Å². The molecule has 3 aromatic heterocycles. The van der Waals surface area contributed by atoms with E-state index in [2.05, 4.69) is 84.9 Å². The molecule has 8 rings (SSSR count). The van der Waals surface area contributed by atoms with E-state index in [9.17, 15) is 0 Å². The van der Waals surface area contributed by atoms with Gasteiger partial charge in [0.15, 0.2) is 5.82 Å². The molecule has 5 aromatic carbocycles. The monoisotopic (exact) mass is 515 g/mol. The van der Waals surface area contributed by atoms with Crippen molar-refractivity contribution in [2.24, 2.45) is 0 Å². The first-order chi connectivity index (χ1) is 19.3. The highest BCUT2D eigenvalue weighted by molar-refractivity contribution is 7.25. The maximum atomic E-state index is 5.26. The van der Waals surface area contributed by atoms with Gasteiger partial charge in [0.1, 0.15) is 0 Å². The summed E-state index contributed by atoms with van der Waals surface area (Å²) < 4.78 is 2.58. The molecule has 0 radical (unpaired) electrons. The molecule has 0 N–H and O–H groups in total. The zero-order valence-electron chi connectivity index (χ0n) is 20.9. The number of rotatable bonds is 3. The van der Waals surface area contributed by atoms with Gasteiger partial charge in [-0.3, -0.25) is 0 Å². The zero-order chi connectivity index (χ0) is 25.8. The molecule has 4 heteroatoms. The highest BCUT2D eigenvalue weighted by atomic mass is 32.1.